The third kappa shape index (κ3) is 2.96. The molecule has 0 radical (unpaired) electrons. The lowest BCUT2D eigenvalue weighted by atomic mass is 9.72. The van der Waals surface area contributed by atoms with Crippen LogP contribution >= 0.6 is 0 Å². The van der Waals surface area contributed by atoms with Gasteiger partial charge in [-0.15, -0.1) is 0 Å². The Labute approximate surface area is 88.1 Å². The number of likely N-dealkylation sites (N-methyl/N-ethyl adjacent to an activating group) is 1. The lowest BCUT2D eigenvalue weighted by Gasteiger charge is -2.38. The highest BCUT2D eigenvalue weighted by atomic mass is 16.3. The van der Waals surface area contributed by atoms with Gasteiger partial charge in [-0.1, -0.05) is 26.2 Å². The van der Waals surface area contributed by atoms with Crippen LogP contribution in [0, 0.1) is 11.8 Å². The first-order valence-corrected chi connectivity index (χ1v) is 5.97. The van der Waals surface area contributed by atoms with E-state index in [0.717, 1.165) is 5.92 Å². The van der Waals surface area contributed by atoms with Crippen molar-refractivity contribution in [2.45, 2.75) is 51.6 Å². The molecule has 3 atom stereocenters. The van der Waals surface area contributed by atoms with Crippen molar-refractivity contribution in [1.29, 1.82) is 0 Å². The molecule has 0 saturated heterocycles. The molecule has 84 valence electrons. The molecule has 1 fully saturated rings. The van der Waals surface area contributed by atoms with Gasteiger partial charge in [0.15, 0.2) is 0 Å². The zero-order valence-electron chi connectivity index (χ0n) is 9.84. The third-order valence-corrected chi connectivity index (χ3v) is 3.77. The Morgan fingerprint density at radius 3 is 2.71 bits per heavy atom. The van der Waals surface area contributed by atoms with Gasteiger partial charge in [-0.2, -0.15) is 0 Å². The first-order valence-electron chi connectivity index (χ1n) is 5.97. The second-order valence-corrected chi connectivity index (χ2v) is 5.03. The van der Waals surface area contributed by atoms with Gasteiger partial charge in [0, 0.05) is 6.54 Å². The Kier molecular flexibility index (Phi) is 4.39. The molecule has 14 heavy (non-hydrogen) atoms. The maximum absolute atomic E-state index is 10.3. The number of hydrogen-bond acceptors (Lipinski definition) is 2. The molecule has 2 heteroatoms. The normalized spacial score (nSPS) is 32.6. The van der Waals surface area contributed by atoms with Gasteiger partial charge >= 0.3 is 0 Å². The molecule has 0 aliphatic heterocycles. The summed E-state index contributed by atoms with van der Waals surface area (Å²) in [7, 11) is 1.91. The minimum absolute atomic E-state index is 0.494. The predicted molar refractivity (Wildman–Crippen MR) is 60.3 cm³/mol. The van der Waals surface area contributed by atoms with Gasteiger partial charge in [0.25, 0.3) is 0 Å². The van der Waals surface area contributed by atoms with Gasteiger partial charge in [-0.3, -0.25) is 0 Å². The molecule has 0 amide bonds. The van der Waals surface area contributed by atoms with Gasteiger partial charge in [-0.05, 0) is 38.6 Å². The molecule has 1 aliphatic carbocycles. The summed E-state index contributed by atoms with van der Waals surface area (Å²) in [5.41, 5.74) is -0.511. The Hall–Kier alpha value is -0.0800. The van der Waals surface area contributed by atoms with Crippen molar-refractivity contribution in [2.75, 3.05) is 13.6 Å². The van der Waals surface area contributed by atoms with Crippen LogP contribution in [0.3, 0.4) is 0 Å². The highest BCUT2D eigenvalue weighted by Crippen LogP contribution is 2.36. The van der Waals surface area contributed by atoms with Gasteiger partial charge in [0.05, 0.1) is 5.60 Å². The van der Waals surface area contributed by atoms with Crippen LogP contribution in [-0.4, -0.2) is 24.3 Å². The standard InChI is InChI=1S/C12H25NO/c1-4-10-6-5-7-11(8-10)12(2,14)9-13-3/h10-11,13-14H,4-9H2,1-3H3. The fourth-order valence-electron chi connectivity index (χ4n) is 2.73. The first-order chi connectivity index (χ1) is 6.60. The highest BCUT2D eigenvalue weighted by molar-refractivity contribution is 4.87. The summed E-state index contributed by atoms with van der Waals surface area (Å²) in [6.45, 7) is 4.96. The van der Waals surface area contributed by atoms with E-state index in [-0.39, 0.29) is 0 Å². The Bertz CT molecular complexity index is 168. The number of hydrogen-bond donors (Lipinski definition) is 2. The monoisotopic (exact) mass is 199 g/mol. The summed E-state index contributed by atoms with van der Waals surface area (Å²) in [6, 6.07) is 0. The second kappa shape index (κ2) is 5.13. The molecule has 0 aromatic carbocycles. The van der Waals surface area contributed by atoms with Crippen LogP contribution in [0.15, 0.2) is 0 Å². The van der Waals surface area contributed by atoms with E-state index in [0.29, 0.717) is 12.5 Å². The predicted octanol–water partition coefficient (Wildman–Crippen LogP) is 2.17. The van der Waals surface area contributed by atoms with Crippen LogP contribution in [-0.2, 0) is 0 Å². The smallest absolute Gasteiger partial charge is 0.0771 e. The van der Waals surface area contributed by atoms with E-state index in [1.54, 1.807) is 0 Å². The van der Waals surface area contributed by atoms with Crippen LogP contribution in [0.25, 0.3) is 0 Å². The van der Waals surface area contributed by atoms with E-state index in [1.165, 1.54) is 32.1 Å². The quantitative estimate of drug-likeness (QED) is 0.727. The fourth-order valence-corrected chi connectivity index (χ4v) is 2.73. The van der Waals surface area contributed by atoms with Crippen molar-refractivity contribution in [3.8, 4) is 0 Å². The van der Waals surface area contributed by atoms with Crippen LogP contribution in [0.1, 0.15) is 46.0 Å². The number of nitrogens with one attached hydrogen (secondary N) is 1. The number of aliphatic hydroxyl groups is 1. The van der Waals surface area contributed by atoms with Crippen molar-refractivity contribution in [3.05, 3.63) is 0 Å². The van der Waals surface area contributed by atoms with E-state index in [9.17, 15) is 5.11 Å². The van der Waals surface area contributed by atoms with Gasteiger partial charge in [0.2, 0.25) is 0 Å². The van der Waals surface area contributed by atoms with E-state index in [4.69, 9.17) is 0 Å². The van der Waals surface area contributed by atoms with Crippen molar-refractivity contribution < 1.29 is 5.11 Å². The molecule has 1 rings (SSSR count). The first kappa shape index (κ1) is 12.0. The van der Waals surface area contributed by atoms with E-state index < -0.39 is 5.60 Å². The molecule has 2 N–H and O–H groups in total. The zero-order valence-corrected chi connectivity index (χ0v) is 9.84. The SMILES string of the molecule is CCC1CCCC(C(C)(O)CNC)C1. The Balaban J connectivity index is 2.49. The fraction of sp³-hybridized carbons (Fsp3) is 1.00. The minimum atomic E-state index is -0.511. The van der Waals surface area contributed by atoms with Crippen LogP contribution in [0.2, 0.25) is 0 Å². The molecule has 0 bridgehead atoms. The highest BCUT2D eigenvalue weighted by Gasteiger charge is 2.34. The van der Waals surface area contributed by atoms with Crippen LogP contribution in [0.4, 0.5) is 0 Å². The van der Waals surface area contributed by atoms with Gasteiger partial charge < -0.3 is 10.4 Å². The largest absolute Gasteiger partial charge is 0.389 e. The average Bonchev–Trinajstić information content (AvgIpc) is 2.18. The van der Waals surface area contributed by atoms with E-state index >= 15 is 0 Å². The molecular weight excluding hydrogens is 174 g/mol. The number of rotatable bonds is 4. The van der Waals surface area contributed by atoms with Gasteiger partial charge in [0.1, 0.15) is 0 Å². The second-order valence-electron chi connectivity index (χ2n) is 5.03. The lowest BCUT2D eigenvalue weighted by molar-refractivity contribution is -0.0234. The summed E-state index contributed by atoms with van der Waals surface area (Å²) in [4.78, 5) is 0. The molecule has 0 aromatic heterocycles. The maximum Gasteiger partial charge on any atom is 0.0771 e. The zero-order chi connectivity index (χ0) is 10.6. The Morgan fingerprint density at radius 2 is 2.14 bits per heavy atom. The van der Waals surface area contributed by atoms with Crippen molar-refractivity contribution in [3.63, 3.8) is 0 Å². The Morgan fingerprint density at radius 1 is 1.43 bits per heavy atom. The molecule has 0 aromatic rings. The molecule has 2 nitrogen and oxygen atoms in total. The van der Waals surface area contributed by atoms with Crippen LogP contribution in [0.5, 0.6) is 0 Å². The van der Waals surface area contributed by atoms with Crippen LogP contribution < -0.4 is 5.32 Å². The molecule has 1 saturated carbocycles. The van der Waals surface area contributed by atoms with Gasteiger partial charge in [-0.25, -0.2) is 0 Å². The lowest BCUT2D eigenvalue weighted by Crippen LogP contribution is -2.45. The maximum atomic E-state index is 10.3. The summed E-state index contributed by atoms with van der Waals surface area (Å²) < 4.78 is 0. The summed E-state index contributed by atoms with van der Waals surface area (Å²) in [5.74, 6) is 1.34. The van der Waals surface area contributed by atoms with Crippen molar-refractivity contribution >= 4 is 0 Å². The molecule has 1 aliphatic rings. The minimum Gasteiger partial charge on any atom is -0.389 e. The van der Waals surface area contributed by atoms with Crippen molar-refractivity contribution in [1.82, 2.24) is 5.32 Å². The van der Waals surface area contributed by atoms with Crippen molar-refractivity contribution in [2.24, 2.45) is 11.8 Å². The summed E-state index contributed by atoms with van der Waals surface area (Å²) in [6.07, 6.45) is 6.34. The molecule has 0 heterocycles. The topological polar surface area (TPSA) is 32.3 Å². The molecular formula is C12H25NO. The summed E-state index contributed by atoms with van der Waals surface area (Å²) >= 11 is 0. The average molecular weight is 199 g/mol. The van der Waals surface area contributed by atoms with E-state index in [1.807, 2.05) is 14.0 Å². The molecule has 3 unspecified atom stereocenters. The summed E-state index contributed by atoms with van der Waals surface area (Å²) in [5, 5.41) is 13.4. The van der Waals surface area contributed by atoms with E-state index in [2.05, 4.69) is 12.2 Å². The molecule has 0 spiro atoms. The third-order valence-electron chi connectivity index (χ3n) is 3.77.